The molecule has 4 aromatic rings. The Kier molecular flexibility index (Phi) is 6.58. The van der Waals surface area contributed by atoms with Crippen LogP contribution in [0.25, 0.3) is 16.6 Å². The SMILES string of the molecule is CCS(=O)(=O)c1cccc(-n2c(=O)n(C3CC3)c(=O)c3c(Nc4ccc(I)cc4F)n(C)c(=O)c(C)c32)c1. The molecule has 0 aliphatic heterocycles. The molecule has 0 spiro atoms. The fourth-order valence-electron chi connectivity index (χ4n) is 4.56. The van der Waals surface area contributed by atoms with Crippen LogP contribution in [0.2, 0.25) is 0 Å². The number of hydrogen-bond acceptors (Lipinski definition) is 6. The molecule has 38 heavy (non-hydrogen) atoms. The van der Waals surface area contributed by atoms with Crippen LogP contribution in [0.1, 0.15) is 31.4 Å². The van der Waals surface area contributed by atoms with E-state index in [9.17, 15) is 27.2 Å². The summed E-state index contributed by atoms with van der Waals surface area (Å²) in [7, 11) is -2.14. The van der Waals surface area contributed by atoms with E-state index in [0.717, 1.165) is 4.57 Å². The Labute approximate surface area is 230 Å². The number of hydrogen-bond donors (Lipinski definition) is 1. The van der Waals surface area contributed by atoms with Crippen LogP contribution in [0.3, 0.4) is 0 Å². The van der Waals surface area contributed by atoms with Crippen molar-refractivity contribution < 1.29 is 12.8 Å². The lowest BCUT2D eigenvalue weighted by atomic mass is 10.1. The van der Waals surface area contributed by atoms with Crippen molar-refractivity contribution in [2.24, 2.45) is 7.05 Å². The Bertz CT molecular complexity index is 1920. The highest BCUT2D eigenvalue weighted by Crippen LogP contribution is 2.34. The number of pyridine rings is 1. The number of aromatic nitrogens is 3. The third-order valence-corrected chi connectivity index (χ3v) is 9.16. The van der Waals surface area contributed by atoms with Gasteiger partial charge in [-0.25, -0.2) is 17.6 Å². The number of halogens is 2. The molecule has 0 radical (unpaired) electrons. The van der Waals surface area contributed by atoms with Gasteiger partial charge < -0.3 is 5.32 Å². The van der Waals surface area contributed by atoms with E-state index in [0.29, 0.717) is 16.4 Å². The number of nitrogens with one attached hydrogen (secondary N) is 1. The molecule has 1 N–H and O–H groups in total. The summed E-state index contributed by atoms with van der Waals surface area (Å²) >= 11 is 1.98. The quantitative estimate of drug-likeness (QED) is 0.318. The van der Waals surface area contributed by atoms with Gasteiger partial charge in [0.2, 0.25) is 0 Å². The summed E-state index contributed by atoms with van der Waals surface area (Å²) in [4.78, 5) is 41.0. The molecule has 0 bridgehead atoms. The van der Waals surface area contributed by atoms with Crippen LogP contribution in [0.5, 0.6) is 0 Å². The number of sulfone groups is 1. The van der Waals surface area contributed by atoms with Crippen molar-refractivity contribution in [2.45, 2.75) is 37.6 Å². The minimum atomic E-state index is -3.60. The van der Waals surface area contributed by atoms with Gasteiger partial charge in [0.1, 0.15) is 17.0 Å². The van der Waals surface area contributed by atoms with E-state index in [1.165, 1.54) is 60.4 Å². The van der Waals surface area contributed by atoms with Crippen LogP contribution >= 0.6 is 22.6 Å². The van der Waals surface area contributed by atoms with E-state index in [4.69, 9.17) is 0 Å². The maximum Gasteiger partial charge on any atom is 0.336 e. The summed E-state index contributed by atoms with van der Waals surface area (Å²) in [5.74, 6) is -0.685. The van der Waals surface area contributed by atoms with E-state index in [-0.39, 0.29) is 50.3 Å². The molecule has 1 aliphatic rings. The number of benzene rings is 2. The first-order chi connectivity index (χ1) is 18.0. The highest BCUT2D eigenvalue weighted by molar-refractivity contribution is 14.1. The van der Waals surface area contributed by atoms with Crippen molar-refractivity contribution in [3.8, 4) is 5.69 Å². The summed E-state index contributed by atoms with van der Waals surface area (Å²) in [6, 6.07) is 10.0. The minimum absolute atomic E-state index is 0.0162. The Hall–Kier alpha value is -3.26. The second-order valence-electron chi connectivity index (χ2n) is 9.24. The van der Waals surface area contributed by atoms with Gasteiger partial charge in [-0.2, -0.15) is 0 Å². The zero-order valence-corrected chi connectivity index (χ0v) is 23.8. The van der Waals surface area contributed by atoms with Gasteiger partial charge in [-0.3, -0.25) is 23.3 Å². The smallest absolute Gasteiger partial charge is 0.336 e. The minimum Gasteiger partial charge on any atom is -0.338 e. The van der Waals surface area contributed by atoms with E-state index in [2.05, 4.69) is 5.32 Å². The molecule has 2 heterocycles. The van der Waals surface area contributed by atoms with Crippen molar-refractivity contribution in [2.75, 3.05) is 11.1 Å². The number of nitrogens with zero attached hydrogens (tertiary/aromatic N) is 3. The van der Waals surface area contributed by atoms with Gasteiger partial charge in [0.15, 0.2) is 9.84 Å². The van der Waals surface area contributed by atoms with Gasteiger partial charge in [0.05, 0.1) is 27.5 Å². The van der Waals surface area contributed by atoms with E-state index < -0.39 is 32.5 Å². The molecule has 1 fully saturated rings. The molecular weight excluding hydrogens is 626 g/mol. The Morgan fingerprint density at radius 3 is 2.42 bits per heavy atom. The second-order valence-corrected chi connectivity index (χ2v) is 12.8. The van der Waals surface area contributed by atoms with Crippen molar-refractivity contribution in [1.29, 1.82) is 0 Å². The first-order valence-corrected chi connectivity index (χ1v) is 14.7. The highest BCUT2D eigenvalue weighted by atomic mass is 127. The molecule has 198 valence electrons. The van der Waals surface area contributed by atoms with Gasteiger partial charge >= 0.3 is 5.69 Å². The summed E-state index contributed by atoms with van der Waals surface area (Å²) in [6.45, 7) is 3.02. The van der Waals surface area contributed by atoms with E-state index in [1.807, 2.05) is 22.6 Å². The lowest BCUT2D eigenvalue weighted by molar-refractivity contribution is 0.597. The highest BCUT2D eigenvalue weighted by Gasteiger charge is 2.32. The van der Waals surface area contributed by atoms with Crippen LogP contribution < -0.4 is 22.1 Å². The first-order valence-electron chi connectivity index (χ1n) is 11.9. The van der Waals surface area contributed by atoms with Crippen LogP contribution in [-0.2, 0) is 16.9 Å². The van der Waals surface area contributed by atoms with Crippen molar-refractivity contribution in [3.05, 3.63) is 88.6 Å². The molecule has 1 aliphatic carbocycles. The topological polar surface area (TPSA) is 112 Å². The lowest BCUT2D eigenvalue weighted by Gasteiger charge is -2.21. The summed E-state index contributed by atoms with van der Waals surface area (Å²) < 4.78 is 44.3. The molecule has 0 unspecified atom stereocenters. The van der Waals surface area contributed by atoms with Crippen LogP contribution in [0, 0.1) is 16.3 Å². The molecule has 0 amide bonds. The Morgan fingerprint density at radius 1 is 1.08 bits per heavy atom. The summed E-state index contributed by atoms with van der Waals surface area (Å²) in [6.07, 6.45) is 1.26. The fourth-order valence-corrected chi connectivity index (χ4v) is 5.93. The number of fused-ring (bicyclic) bond motifs is 1. The predicted octanol–water partition coefficient (Wildman–Crippen LogP) is 3.78. The molecule has 0 saturated heterocycles. The van der Waals surface area contributed by atoms with Crippen LogP contribution in [0.15, 0.2) is 61.7 Å². The third-order valence-electron chi connectivity index (χ3n) is 6.75. The summed E-state index contributed by atoms with van der Waals surface area (Å²) in [5, 5.41) is 2.93. The second kappa shape index (κ2) is 9.49. The maximum absolute atomic E-state index is 14.8. The normalized spacial score (nSPS) is 13.7. The molecule has 9 nitrogen and oxygen atoms in total. The Balaban J connectivity index is 1.93. The first kappa shape index (κ1) is 26.4. The van der Waals surface area contributed by atoms with Crippen LogP contribution in [-0.4, -0.2) is 27.9 Å². The largest absolute Gasteiger partial charge is 0.338 e. The maximum atomic E-state index is 14.8. The van der Waals surface area contributed by atoms with Crippen molar-refractivity contribution in [3.63, 3.8) is 0 Å². The van der Waals surface area contributed by atoms with Gasteiger partial charge in [-0.15, -0.1) is 0 Å². The lowest BCUT2D eigenvalue weighted by Crippen LogP contribution is -2.41. The van der Waals surface area contributed by atoms with E-state index in [1.54, 1.807) is 12.1 Å². The molecular formula is C26H24FIN4O5S. The molecule has 1 saturated carbocycles. The number of rotatable bonds is 6. The fraction of sp³-hybridized carbons (Fsp3) is 0.269. The third kappa shape index (κ3) is 4.28. The zero-order valence-electron chi connectivity index (χ0n) is 20.8. The van der Waals surface area contributed by atoms with Gasteiger partial charge in [-0.1, -0.05) is 13.0 Å². The molecule has 12 heteroatoms. The molecule has 2 aromatic carbocycles. The number of aryl methyl sites for hydroxylation is 1. The average molecular weight is 650 g/mol. The molecule has 5 rings (SSSR count). The van der Waals surface area contributed by atoms with Crippen molar-refractivity contribution >= 4 is 54.8 Å². The van der Waals surface area contributed by atoms with E-state index >= 15 is 0 Å². The average Bonchev–Trinajstić information content (AvgIpc) is 3.72. The van der Waals surface area contributed by atoms with Gasteiger partial charge in [0, 0.05) is 22.2 Å². The van der Waals surface area contributed by atoms with Gasteiger partial charge in [0.25, 0.3) is 11.1 Å². The van der Waals surface area contributed by atoms with Crippen LogP contribution in [0.4, 0.5) is 15.9 Å². The van der Waals surface area contributed by atoms with Gasteiger partial charge in [-0.05, 0) is 78.8 Å². The standard InChI is InChI=1S/C26H24FIN4O5S/c1-4-38(36,37)18-7-5-6-17(13-18)31-22-14(2)24(33)30(3)23(29-20-11-8-15(28)12-19(20)27)21(22)25(34)32(26(31)35)16-9-10-16/h5-8,11-13,16,29H,4,9-10H2,1-3H3. The monoisotopic (exact) mass is 650 g/mol. The molecule has 2 aromatic heterocycles. The molecule has 0 atom stereocenters. The van der Waals surface area contributed by atoms with Crippen molar-refractivity contribution in [1.82, 2.24) is 13.7 Å². The zero-order chi connectivity index (χ0) is 27.5. The predicted molar refractivity (Wildman–Crippen MR) is 152 cm³/mol. The Morgan fingerprint density at radius 2 is 1.79 bits per heavy atom. The summed E-state index contributed by atoms with van der Waals surface area (Å²) in [5.41, 5.74) is -1.35. The number of anilines is 2.